The Morgan fingerprint density at radius 1 is 0.864 bits per heavy atom. The van der Waals surface area contributed by atoms with Crippen LogP contribution in [0.15, 0.2) is 24.3 Å². The first-order valence-electron chi connectivity index (χ1n) is 8.78. The Hall–Kier alpha value is -0.290. The first-order valence-corrected chi connectivity index (χ1v) is 8.78. The lowest BCUT2D eigenvalue weighted by atomic mass is 10.1. The van der Waals surface area contributed by atoms with Gasteiger partial charge in [0.05, 0.1) is 19.6 Å². The molecular weight excluding hydrogens is 385 g/mol. The summed E-state index contributed by atoms with van der Waals surface area (Å²) >= 11 is 0. The zero-order valence-electron chi connectivity index (χ0n) is 14.7. The van der Waals surface area contributed by atoms with E-state index < -0.39 is 0 Å². The molecular formula is C19H34INO. The highest BCUT2D eigenvalue weighted by Crippen LogP contribution is 2.22. The molecule has 1 rings (SSSR count). The minimum absolute atomic E-state index is 0. The second kappa shape index (κ2) is 12.2. The van der Waals surface area contributed by atoms with Crippen molar-refractivity contribution in [1.29, 1.82) is 0 Å². The van der Waals surface area contributed by atoms with Gasteiger partial charge >= 0.3 is 0 Å². The van der Waals surface area contributed by atoms with E-state index in [1.165, 1.54) is 68.2 Å². The number of rotatable bonds is 11. The summed E-state index contributed by atoms with van der Waals surface area (Å²) in [7, 11) is 0. The second-order valence-corrected chi connectivity index (χ2v) is 6.40. The van der Waals surface area contributed by atoms with Crippen LogP contribution in [0.4, 0.5) is 0 Å². The summed E-state index contributed by atoms with van der Waals surface area (Å²) in [6, 6.07) is 7.84. The first kappa shape index (κ1) is 21.7. The molecule has 0 aromatic heterocycles. The molecule has 22 heavy (non-hydrogen) atoms. The van der Waals surface area contributed by atoms with Crippen molar-refractivity contribution in [2.24, 2.45) is 0 Å². The zero-order chi connectivity index (χ0) is 15.6. The summed E-state index contributed by atoms with van der Waals surface area (Å²) in [4.78, 5) is 0. The van der Waals surface area contributed by atoms with E-state index in [9.17, 15) is 5.11 Å². The van der Waals surface area contributed by atoms with Crippen molar-refractivity contribution in [3.05, 3.63) is 29.8 Å². The molecule has 0 saturated heterocycles. The Labute approximate surface area is 154 Å². The van der Waals surface area contributed by atoms with Gasteiger partial charge in [-0.05, 0) is 31.4 Å². The summed E-state index contributed by atoms with van der Waals surface area (Å²) in [6.07, 6.45) is 7.68. The normalized spacial score (nSPS) is 11.2. The average molecular weight is 419 g/mol. The van der Waals surface area contributed by atoms with Gasteiger partial charge in [0, 0.05) is 5.56 Å². The monoisotopic (exact) mass is 419 g/mol. The number of nitrogens with zero attached hydrogens (tertiary/aromatic N) is 1. The Morgan fingerprint density at radius 3 is 1.77 bits per heavy atom. The van der Waals surface area contributed by atoms with Gasteiger partial charge in [-0.15, -0.1) is 0 Å². The third-order valence-corrected chi connectivity index (χ3v) is 4.39. The van der Waals surface area contributed by atoms with Crippen LogP contribution in [0, 0.1) is 0 Å². The molecule has 0 radical (unpaired) electrons. The number of aromatic hydroxyl groups is 1. The fraction of sp³-hybridized carbons (Fsp3) is 0.684. The number of benzene rings is 1. The largest absolute Gasteiger partial charge is 1.00 e. The van der Waals surface area contributed by atoms with E-state index in [4.69, 9.17) is 0 Å². The van der Waals surface area contributed by atoms with Crippen LogP contribution in [0.25, 0.3) is 0 Å². The average Bonchev–Trinajstić information content (AvgIpc) is 2.48. The summed E-state index contributed by atoms with van der Waals surface area (Å²) in [5, 5.41) is 9.73. The number of phenolic OH excluding ortho intramolecular Hbond substituents is 1. The van der Waals surface area contributed by atoms with Crippen LogP contribution in [-0.2, 0) is 6.54 Å². The van der Waals surface area contributed by atoms with Crippen LogP contribution in [0.3, 0.4) is 0 Å². The molecule has 1 aromatic rings. The van der Waals surface area contributed by atoms with E-state index in [0.29, 0.717) is 5.75 Å². The lowest BCUT2D eigenvalue weighted by Crippen LogP contribution is -3.00. The number of hydrogen-bond donors (Lipinski definition) is 1. The number of unbranched alkanes of at least 4 members (excludes halogenated alkanes) is 3. The summed E-state index contributed by atoms with van der Waals surface area (Å²) < 4.78 is 1.19. The van der Waals surface area contributed by atoms with Gasteiger partial charge < -0.3 is 33.6 Å². The Balaban J connectivity index is 0.00000441. The van der Waals surface area contributed by atoms with Gasteiger partial charge in [-0.1, -0.05) is 52.2 Å². The molecule has 0 amide bonds. The van der Waals surface area contributed by atoms with Crippen molar-refractivity contribution in [3.63, 3.8) is 0 Å². The van der Waals surface area contributed by atoms with E-state index >= 15 is 0 Å². The SMILES string of the molecule is CCCC[N+](CCCC)(CCCC)Cc1cccc(O)c1.[I-]. The standard InChI is InChI=1S/C19H33NO.HI/c1-4-7-13-20(14-8-5-2,15-9-6-3)17-18-11-10-12-19(21)16-18;/h10-12,16H,4-9,13-15,17H2,1-3H3;1H. The van der Waals surface area contributed by atoms with Crippen LogP contribution >= 0.6 is 0 Å². The molecule has 0 spiro atoms. The van der Waals surface area contributed by atoms with Gasteiger partial charge in [-0.25, -0.2) is 0 Å². The number of halogens is 1. The van der Waals surface area contributed by atoms with Crippen LogP contribution in [0.5, 0.6) is 5.75 Å². The Bertz CT molecular complexity index is 373. The molecule has 128 valence electrons. The minimum atomic E-state index is 0. The quantitative estimate of drug-likeness (QED) is 0.431. The van der Waals surface area contributed by atoms with Gasteiger partial charge in [0.1, 0.15) is 12.3 Å². The van der Waals surface area contributed by atoms with E-state index in [-0.39, 0.29) is 24.0 Å². The fourth-order valence-corrected chi connectivity index (χ4v) is 3.10. The van der Waals surface area contributed by atoms with Crippen LogP contribution in [0.2, 0.25) is 0 Å². The summed E-state index contributed by atoms with van der Waals surface area (Å²) in [5.41, 5.74) is 1.28. The van der Waals surface area contributed by atoms with Crippen molar-refractivity contribution in [2.45, 2.75) is 65.8 Å². The van der Waals surface area contributed by atoms with Crippen molar-refractivity contribution in [2.75, 3.05) is 19.6 Å². The van der Waals surface area contributed by atoms with Crippen molar-refractivity contribution in [3.8, 4) is 5.75 Å². The molecule has 1 aromatic carbocycles. The van der Waals surface area contributed by atoms with E-state index in [2.05, 4.69) is 26.8 Å². The summed E-state index contributed by atoms with van der Waals surface area (Å²) in [5.74, 6) is 0.395. The number of phenols is 1. The molecule has 3 heteroatoms. The molecule has 0 unspecified atom stereocenters. The highest BCUT2D eigenvalue weighted by molar-refractivity contribution is 5.26. The lowest BCUT2D eigenvalue weighted by molar-refractivity contribution is -0.941. The summed E-state index contributed by atoms with van der Waals surface area (Å²) in [6.45, 7) is 11.7. The molecule has 0 saturated carbocycles. The Morgan fingerprint density at radius 2 is 1.36 bits per heavy atom. The topological polar surface area (TPSA) is 20.2 Å². The van der Waals surface area contributed by atoms with Gasteiger partial charge in [0.15, 0.2) is 0 Å². The van der Waals surface area contributed by atoms with Gasteiger partial charge in [0.25, 0.3) is 0 Å². The van der Waals surface area contributed by atoms with E-state index in [1.54, 1.807) is 6.07 Å². The molecule has 0 fully saturated rings. The predicted octanol–water partition coefficient (Wildman–Crippen LogP) is 2.11. The molecule has 1 N–H and O–H groups in total. The third-order valence-electron chi connectivity index (χ3n) is 4.39. The molecule has 0 bridgehead atoms. The maximum absolute atomic E-state index is 9.73. The molecule has 0 atom stereocenters. The fourth-order valence-electron chi connectivity index (χ4n) is 3.10. The minimum Gasteiger partial charge on any atom is -1.00 e. The third kappa shape index (κ3) is 7.82. The number of hydrogen-bond acceptors (Lipinski definition) is 1. The van der Waals surface area contributed by atoms with E-state index in [1.807, 2.05) is 12.1 Å². The molecule has 0 heterocycles. The zero-order valence-corrected chi connectivity index (χ0v) is 16.8. The highest BCUT2D eigenvalue weighted by Gasteiger charge is 2.26. The van der Waals surface area contributed by atoms with Gasteiger partial charge in [-0.3, -0.25) is 0 Å². The van der Waals surface area contributed by atoms with Crippen LogP contribution in [0.1, 0.15) is 64.9 Å². The molecule has 0 aliphatic carbocycles. The van der Waals surface area contributed by atoms with Crippen LogP contribution in [-0.4, -0.2) is 29.2 Å². The first-order chi connectivity index (χ1) is 10.2. The van der Waals surface area contributed by atoms with Crippen molar-refractivity contribution in [1.82, 2.24) is 0 Å². The second-order valence-electron chi connectivity index (χ2n) is 6.40. The van der Waals surface area contributed by atoms with Crippen molar-refractivity contribution < 1.29 is 33.6 Å². The smallest absolute Gasteiger partial charge is 0.116 e. The predicted molar refractivity (Wildman–Crippen MR) is 91.4 cm³/mol. The van der Waals surface area contributed by atoms with Crippen LogP contribution < -0.4 is 24.0 Å². The van der Waals surface area contributed by atoms with Gasteiger partial charge in [0.2, 0.25) is 0 Å². The molecule has 0 aliphatic rings. The lowest BCUT2D eigenvalue weighted by Gasteiger charge is -2.39. The highest BCUT2D eigenvalue weighted by atomic mass is 127. The van der Waals surface area contributed by atoms with Crippen molar-refractivity contribution >= 4 is 0 Å². The van der Waals surface area contributed by atoms with Gasteiger partial charge in [-0.2, -0.15) is 0 Å². The molecule has 2 nitrogen and oxygen atoms in total. The maximum atomic E-state index is 9.73. The molecule has 0 aliphatic heterocycles. The number of quaternary nitrogens is 1. The van der Waals surface area contributed by atoms with E-state index in [0.717, 1.165) is 6.54 Å². The Kier molecular flexibility index (Phi) is 12.0. The maximum Gasteiger partial charge on any atom is 0.116 e.